The van der Waals surface area contributed by atoms with Crippen LogP contribution in [-0.4, -0.2) is 20.0 Å². The van der Waals surface area contributed by atoms with Crippen LogP contribution in [-0.2, 0) is 21.7 Å². The fourth-order valence-electron chi connectivity index (χ4n) is 2.79. The number of rotatable bonds is 4. The first-order valence-corrected chi connectivity index (χ1v) is 6.31. The van der Waals surface area contributed by atoms with Crippen molar-refractivity contribution in [2.75, 3.05) is 13.9 Å². The second kappa shape index (κ2) is 4.68. The van der Waals surface area contributed by atoms with Gasteiger partial charge in [-0.25, -0.2) is 4.79 Å². The molecule has 1 aromatic carbocycles. The quantitative estimate of drug-likeness (QED) is 0.616. The normalized spacial score (nSPS) is 18.6. The molecule has 1 aromatic rings. The Hall–Kier alpha value is -1.84. The molecule has 0 aromatic heterocycles. The molecular weight excluding hydrogens is 246 g/mol. The van der Waals surface area contributed by atoms with Gasteiger partial charge in [-0.05, 0) is 30.9 Å². The second-order valence-corrected chi connectivity index (χ2v) is 4.85. The number of hydrogen-bond acceptors (Lipinski definition) is 5. The Morgan fingerprint density at radius 2 is 2.26 bits per heavy atom. The lowest BCUT2D eigenvalue weighted by Crippen LogP contribution is -2.33. The summed E-state index contributed by atoms with van der Waals surface area (Å²) in [6, 6.07) is 3.83. The van der Waals surface area contributed by atoms with Gasteiger partial charge in [0, 0.05) is 12.7 Å². The molecule has 5 nitrogen and oxygen atoms in total. The molecule has 0 saturated heterocycles. The fourth-order valence-corrected chi connectivity index (χ4v) is 2.79. The van der Waals surface area contributed by atoms with Crippen LogP contribution in [0.5, 0.6) is 11.5 Å². The average Bonchev–Trinajstić information content (AvgIpc) is 2.83. The molecule has 0 bridgehead atoms. The summed E-state index contributed by atoms with van der Waals surface area (Å²) in [7, 11) is 1.63. The molecular formula is C14H15NO4. The molecule has 5 heteroatoms. The predicted molar refractivity (Wildman–Crippen MR) is 66.9 cm³/mol. The molecule has 3 rings (SSSR count). The van der Waals surface area contributed by atoms with Crippen LogP contribution in [0.15, 0.2) is 17.1 Å². The van der Waals surface area contributed by atoms with Crippen molar-refractivity contribution in [1.29, 1.82) is 0 Å². The molecule has 0 radical (unpaired) electrons. The minimum absolute atomic E-state index is 0.222. The van der Waals surface area contributed by atoms with Crippen molar-refractivity contribution in [3.8, 4) is 11.5 Å². The Morgan fingerprint density at radius 1 is 1.42 bits per heavy atom. The zero-order valence-corrected chi connectivity index (χ0v) is 10.8. The number of aliphatic imine (C=N–C) groups is 1. The van der Waals surface area contributed by atoms with E-state index in [-0.39, 0.29) is 6.79 Å². The molecule has 19 heavy (non-hydrogen) atoms. The molecule has 2 aliphatic rings. The van der Waals surface area contributed by atoms with Crippen molar-refractivity contribution >= 4 is 6.08 Å². The van der Waals surface area contributed by atoms with Crippen LogP contribution in [0.4, 0.5) is 0 Å². The van der Waals surface area contributed by atoms with Gasteiger partial charge < -0.3 is 14.2 Å². The maximum atomic E-state index is 10.7. The van der Waals surface area contributed by atoms with E-state index in [1.165, 1.54) is 0 Å². The van der Waals surface area contributed by atoms with E-state index in [2.05, 4.69) is 4.99 Å². The van der Waals surface area contributed by atoms with Crippen LogP contribution in [0.3, 0.4) is 0 Å². The SMILES string of the molecule is COCc1c(C2(N=C=O)CCC2)ccc2c1OCO2. The number of nitrogens with zero attached hydrogens (tertiary/aromatic N) is 1. The smallest absolute Gasteiger partial charge is 0.235 e. The highest BCUT2D eigenvalue weighted by atomic mass is 16.7. The number of benzene rings is 1. The van der Waals surface area contributed by atoms with Gasteiger partial charge in [0.1, 0.15) is 0 Å². The fraction of sp³-hybridized carbons (Fsp3) is 0.500. The van der Waals surface area contributed by atoms with Crippen LogP contribution in [0, 0.1) is 0 Å². The van der Waals surface area contributed by atoms with Crippen molar-refractivity contribution in [3.05, 3.63) is 23.3 Å². The zero-order valence-electron chi connectivity index (χ0n) is 10.8. The molecule has 1 saturated carbocycles. The highest BCUT2D eigenvalue weighted by Gasteiger charge is 2.42. The van der Waals surface area contributed by atoms with Gasteiger partial charge in [-0.15, -0.1) is 0 Å². The maximum absolute atomic E-state index is 10.7. The van der Waals surface area contributed by atoms with Gasteiger partial charge in [0.25, 0.3) is 0 Å². The number of ether oxygens (including phenoxy) is 3. The summed E-state index contributed by atoms with van der Waals surface area (Å²) < 4.78 is 16.2. The summed E-state index contributed by atoms with van der Waals surface area (Å²) in [5.41, 5.74) is 1.47. The first-order chi connectivity index (χ1) is 9.30. The molecule has 100 valence electrons. The van der Waals surface area contributed by atoms with Crippen LogP contribution >= 0.6 is 0 Å². The van der Waals surface area contributed by atoms with Gasteiger partial charge in [-0.3, -0.25) is 0 Å². The van der Waals surface area contributed by atoms with Gasteiger partial charge >= 0.3 is 0 Å². The van der Waals surface area contributed by atoms with Crippen molar-refractivity contribution in [1.82, 2.24) is 0 Å². The Kier molecular flexibility index (Phi) is 3.01. The standard InChI is InChI=1S/C14H15NO4/c1-17-7-10-11(14(15-8-16)5-2-6-14)3-4-12-13(10)19-9-18-12/h3-4H,2,5-7,9H2,1H3. The Labute approximate surface area is 111 Å². The van der Waals surface area contributed by atoms with Gasteiger partial charge in [-0.2, -0.15) is 4.99 Å². The van der Waals surface area contributed by atoms with E-state index in [0.717, 1.165) is 36.1 Å². The molecule has 1 aliphatic carbocycles. The topological polar surface area (TPSA) is 57.1 Å². The molecule has 1 aliphatic heterocycles. The molecule has 0 amide bonds. The van der Waals surface area contributed by atoms with Gasteiger partial charge in [0.05, 0.1) is 12.1 Å². The summed E-state index contributed by atoms with van der Waals surface area (Å²) in [6.07, 6.45) is 4.49. The van der Waals surface area contributed by atoms with Crippen LogP contribution in [0.25, 0.3) is 0 Å². The molecule has 0 atom stereocenters. The summed E-state index contributed by atoms with van der Waals surface area (Å²) >= 11 is 0. The van der Waals surface area contributed by atoms with Gasteiger partial charge in [0.15, 0.2) is 11.5 Å². The van der Waals surface area contributed by atoms with E-state index >= 15 is 0 Å². The highest BCUT2D eigenvalue weighted by Crippen LogP contribution is 2.50. The van der Waals surface area contributed by atoms with E-state index in [9.17, 15) is 4.79 Å². The second-order valence-electron chi connectivity index (χ2n) is 4.85. The summed E-state index contributed by atoms with van der Waals surface area (Å²) in [5, 5.41) is 0. The lowest BCUT2D eigenvalue weighted by atomic mass is 9.71. The van der Waals surface area contributed by atoms with E-state index in [1.54, 1.807) is 13.2 Å². The predicted octanol–water partition coefficient (Wildman–Crippen LogP) is 2.28. The van der Waals surface area contributed by atoms with Crippen molar-refractivity contribution in [2.45, 2.75) is 31.4 Å². The van der Waals surface area contributed by atoms with E-state index in [0.29, 0.717) is 12.4 Å². The molecule has 1 heterocycles. The van der Waals surface area contributed by atoms with Crippen LogP contribution in [0.2, 0.25) is 0 Å². The number of hydrogen-bond donors (Lipinski definition) is 0. The lowest BCUT2D eigenvalue weighted by molar-refractivity contribution is 0.159. The lowest BCUT2D eigenvalue weighted by Gasteiger charge is -2.38. The number of methoxy groups -OCH3 is 1. The van der Waals surface area contributed by atoms with Crippen LogP contribution < -0.4 is 9.47 Å². The largest absolute Gasteiger partial charge is 0.454 e. The molecule has 0 unspecified atom stereocenters. The Bertz CT molecular complexity index is 545. The van der Waals surface area contributed by atoms with E-state index in [1.807, 2.05) is 12.1 Å². The molecule has 1 fully saturated rings. The first kappa shape index (κ1) is 12.2. The zero-order chi connectivity index (χ0) is 13.3. The highest BCUT2D eigenvalue weighted by molar-refractivity contribution is 5.55. The van der Waals surface area contributed by atoms with Crippen molar-refractivity contribution in [2.24, 2.45) is 4.99 Å². The van der Waals surface area contributed by atoms with Crippen molar-refractivity contribution < 1.29 is 19.0 Å². The van der Waals surface area contributed by atoms with Gasteiger partial charge in [0.2, 0.25) is 12.9 Å². The number of carbonyl (C=O) groups excluding carboxylic acids is 1. The maximum Gasteiger partial charge on any atom is 0.235 e. The summed E-state index contributed by atoms with van der Waals surface area (Å²) in [4.78, 5) is 14.8. The third-order valence-electron chi connectivity index (χ3n) is 3.87. The number of isocyanates is 1. The van der Waals surface area contributed by atoms with Gasteiger partial charge in [-0.1, -0.05) is 6.07 Å². The Balaban J connectivity index is 2.12. The molecule has 0 N–H and O–H groups in total. The monoisotopic (exact) mass is 261 g/mol. The van der Waals surface area contributed by atoms with E-state index < -0.39 is 5.54 Å². The average molecular weight is 261 g/mol. The first-order valence-electron chi connectivity index (χ1n) is 6.31. The third-order valence-corrected chi connectivity index (χ3v) is 3.87. The summed E-state index contributed by atoms with van der Waals surface area (Å²) in [6.45, 7) is 0.636. The van der Waals surface area contributed by atoms with E-state index in [4.69, 9.17) is 14.2 Å². The van der Waals surface area contributed by atoms with Crippen LogP contribution in [0.1, 0.15) is 30.4 Å². The number of fused-ring (bicyclic) bond motifs is 1. The minimum atomic E-state index is -0.448. The minimum Gasteiger partial charge on any atom is -0.454 e. The summed E-state index contributed by atoms with van der Waals surface area (Å²) in [5.74, 6) is 1.44. The van der Waals surface area contributed by atoms with Crippen molar-refractivity contribution in [3.63, 3.8) is 0 Å². The Morgan fingerprint density at radius 3 is 2.89 bits per heavy atom. The third kappa shape index (κ3) is 1.82. The molecule has 0 spiro atoms.